The van der Waals surface area contributed by atoms with Crippen LogP contribution in [0.2, 0.25) is 0 Å². The minimum absolute atomic E-state index is 0. The summed E-state index contributed by atoms with van der Waals surface area (Å²) in [5.41, 5.74) is -4.50. The molecule has 0 aromatic rings. The summed E-state index contributed by atoms with van der Waals surface area (Å²) in [6.45, 7) is 7.93. The molecule has 0 saturated heterocycles. The van der Waals surface area contributed by atoms with Gasteiger partial charge in [-0.15, -0.1) is 0 Å². The fraction of sp³-hybridized carbons (Fsp3) is 0.636. The molecule has 1 aliphatic carbocycles. The topological polar surface area (TPSA) is 43.4 Å². The average Bonchev–Trinajstić information content (AvgIpc) is 2.33. The van der Waals surface area contributed by atoms with Crippen LogP contribution in [0.1, 0.15) is 34.6 Å². The Kier molecular flexibility index (Phi) is 5.32. The van der Waals surface area contributed by atoms with Gasteiger partial charge in [0.25, 0.3) is 0 Å². The van der Waals surface area contributed by atoms with E-state index in [1.807, 2.05) is 0 Å². The number of hydrogen-bond acceptors (Lipinski definition) is 3. The van der Waals surface area contributed by atoms with Crippen molar-refractivity contribution in [3.05, 3.63) is 22.3 Å². The van der Waals surface area contributed by atoms with Crippen LogP contribution in [0.4, 0.5) is 13.2 Å². The zero-order valence-electron chi connectivity index (χ0n) is 11.3. The Balaban J connectivity index is 0.00000324. The summed E-state index contributed by atoms with van der Waals surface area (Å²) in [7, 11) is -5.62. The van der Waals surface area contributed by atoms with Crippen molar-refractivity contribution in [1.29, 1.82) is 0 Å². The molecule has 0 N–H and O–H groups in total. The predicted octanol–water partition coefficient (Wildman–Crippen LogP) is 3.30. The van der Waals surface area contributed by atoms with E-state index in [4.69, 9.17) is 0 Å². The molecule has 3 nitrogen and oxygen atoms in total. The van der Waals surface area contributed by atoms with Gasteiger partial charge in [0.15, 0.2) is 0 Å². The van der Waals surface area contributed by atoms with Gasteiger partial charge in [0.05, 0.1) is 0 Å². The molecular formula is C11H15F3O3STi. The third-order valence-corrected chi connectivity index (χ3v) is 4.80. The predicted molar refractivity (Wildman–Crippen MR) is 61.2 cm³/mol. The van der Waals surface area contributed by atoms with Crippen LogP contribution < -0.4 is 0 Å². The van der Waals surface area contributed by atoms with Gasteiger partial charge in [-0.05, 0) is 56.9 Å². The summed E-state index contributed by atoms with van der Waals surface area (Å²) in [5, 5.41) is 0. The van der Waals surface area contributed by atoms with Gasteiger partial charge >= 0.3 is 15.6 Å². The molecule has 108 valence electrons. The first-order valence-electron chi connectivity index (χ1n) is 5.23. The van der Waals surface area contributed by atoms with Gasteiger partial charge in [0, 0.05) is 21.7 Å². The smallest absolute Gasteiger partial charge is 0.248 e. The molecule has 1 rings (SSSR count). The van der Waals surface area contributed by atoms with Crippen LogP contribution in [0.3, 0.4) is 0 Å². The standard InChI is InChI=1S/C11H15F3O3S.Ti/c1-6-7(2)9(4)10(5,8(6)3)17-18(15,16)11(12,13)14;/h1-5H3;. The van der Waals surface area contributed by atoms with Gasteiger partial charge < -0.3 is 0 Å². The van der Waals surface area contributed by atoms with E-state index in [0.29, 0.717) is 11.1 Å². The fourth-order valence-electron chi connectivity index (χ4n) is 1.95. The van der Waals surface area contributed by atoms with Gasteiger partial charge in [0.2, 0.25) is 0 Å². The molecular weight excluding hydrogens is 317 g/mol. The summed E-state index contributed by atoms with van der Waals surface area (Å²) in [5.74, 6) is 0. The Hall–Kier alpha value is -0.106. The SMILES string of the molecule is CC1=C(C)C(C)(OS(=O)(=O)C(F)(F)F)C(C)=C1C.[Ti]. The van der Waals surface area contributed by atoms with Gasteiger partial charge in [-0.1, -0.05) is 0 Å². The van der Waals surface area contributed by atoms with Crippen molar-refractivity contribution in [1.82, 2.24) is 0 Å². The average molecular weight is 332 g/mol. The number of alkyl halides is 3. The van der Waals surface area contributed by atoms with Crippen LogP contribution in [-0.4, -0.2) is 19.5 Å². The Bertz CT molecular complexity index is 520. The van der Waals surface area contributed by atoms with E-state index in [1.54, 1.807) is 27.7 Å². The summed E-state index contributed by atoms with van der Waals surface area (Å²) in [4.78, 5) is 0. The van der Waals surface area contributed by atoms with Crippen molar-refractivity contribution in [3.8, 4) is 0 Å². The first-order valence-corrected chi connectivity index (χ1v) is 6.63. The van der Waals surface area contributed by atoms with Crippen LogP contribution >= 0.6 is 0 Å². The zero-order chi connectivity index (χ0) is 14.5. The Labute approximate surface area is 125 Å². The van der Waals surface area contributed by atoms with Crippen molar-refractivity contribution >= 4 is 10.1 Å². The van der Waals surface area contributed by atoms with E-state index in [-0.39, 0.29) is 21.7 Å². The monoisotopic (exact) mass is 332 g/mol. The second-order valence-corrected chi connectivity index (χ2v) is 6.05. The van der Waals surface area contributed by atoms with E-state index in [1.165, 1.54) is 6.92 Å². The van der Waals surface area contributed by atoms with Crippen LogP contribution in [0, 0.1) is 0 Å². The van der Waals surface area contributed by atoms with Gasteiger partial charge in [-0.25, -0.2) is 4.18 Å². The molecule has 0 aromatic carbocycles. The molecule has 0 amide bonds. The van der Waals surface area contributed by atoms with Crippen LogP contribution in [0.5, 0.6) is 0 Å². The van der Waals surface area contributed by atoms with Crippen LogP contribution in [0.15, 0.2) is 22.3 Å². The second-order valence-electron chi connectivity index (χ2n) is 4.52. The molecule has 8 heteroatoms. The van der Waals surface area contributed by atoms with Gasteiger partial charge in [-0.2, -0.15) is 21.6 Å². The van der Waals surface area contributed by atoms with Gasteiger partial charge in [0.1, 0.15) is 5.60 Å². The third-order valence-electron chi connectivity index (χ3n) is 3.68. The van der Waals surface area contributed by atoms with Crippen molar-refractivity contribution < 1.29 is 47.5 Å². The van der Waals surface area contributed by atoms with Gasteiger partial charge in [-0.3, -0.25) is 0 Å². The summed E-state index contributed by atoms with van der Waals surface area (Å²) in [6.07, 6.45) is 0. The quantitative estimate of drug-likeness (QED) is 0.443. The molecule has 0 fully saturated rings. The van der Waals surface area contributed by atoms with E-state index < -0.39 is 21.2 Å². The maximum Gasteiger partial charge on any atom is 0.523 e. The number of allylic oxidation sites excluding steroid dienone is 2. The van der Waals surface area contributed by atoms with Crippen molar-refractivity contribution in [2.24, 2.45) is 0 Å². The van der Waals surface area contributed by atoms with Crippen molar-refractivity contribution in [3.63, 3.8) is 0 Å². The minimum atomic E-state index is -5.62. The number of rotatable bonds is 2. The first-order chi connectivity index (χ1) is 7.84. The zero-order valence-corrected chi connectivity index (χ0v) is 13.6. The van der Waals surface area contributed by atoms with Crippen LogP contribution in [-0.2, 0) is 36.0 Å². The van der Waals surface area contributed by atoms with Crippen LogP contribution in [0.25, 0.3) is 0 Å². The first kappa shape index (κ1) is 18.9. The minimum Gasteiger partial charge on any atom is -0.248 e. The van der Waals surface area contributed by atoms with Crippen molar-refractivity contribution in [2.45, 2.75) is 45.7 Å². The normalized spacial score (nSPS) is 19.8. The van der Waals surface area contributed by atoms with E-state index >= 15 is 0 Å². The van der Waals surface area contributed by atoms with E-state index in [9.17, 15) is 21.6 Å². The molecule has 0 saturated carbocycles. The molecule has 0 aliphatic heterocycles. The Morgan fingerprint density at radius 3 is 1.58 bits per heavy atom. The second kappa shape index (κ2) is 5.35. The molecule has 0 atom stereocenters. The Morgan fingerprint density at radius 2 is 1.32 bits per heavy atom. The largest absolute Gasteiger partial charge is 0.523 e. The summed E-state index contributed by atoms with van der Waals surface area (Å²) in [6, 6.07) is 0. The third kappa shape index (κ3) is 2.99. The molecule has 0 heterocycles. The summed E-state index contributed by atoms with van der Waals surface area (Å²) < 4.78 is 63.8. The van der Waals surface area contributed by atoms with E-state index in [0.717, 1.165) is 11.1 Å². The molecule has 0 bridgehead atoms. The van der Waals surface area contributed by atoms with Crippen molar-refractivity contribution in [2.75, 3.05) is 0 Å². The molecule has 0 unspecified atom stereocenters. The molecule has 0 aromatic heterocycles. The van der Waals surface area contributed by atoms with E-state index in [2.05, 4.69) is 4.18 Å². The molecule has 0 radical (unpaired) electrons. The maximum atomic E-state index is 12.4. The molecule has 0 spiro atoms. The Morgan fingerprint density at radius 1 is 1.00 bits per heavy atom. The summed E-state index contributed by atoms with van der Waals surface area (Å²) >= 11 is 0. The maximum absolute atomic E-state index is 12.4. The number of hydrogen-bond donors (Lipinski definition) is 0. The number of halogens is 3. The fourth-order valence-corrected chi connectivity index (χ4v) is 2.73. The molecule has 19 heavy (non-hydrogen) atoms. The molecule has 1 aliphatic rings.